The highest BCUT2D eigenvalue weighted by Crippen LogP contribution is 2.64. The molecule has 1 aromatic carbocycles. The van der Waals surface area contributed by atoms with E-state index >= 15 is 0 Å². The lowest BCUT2D eigenvalue weighted by Gasteiger charge is -2.59. The van der Waals surface area contributed by atoms with Crippen molar-refractivity contribution in [1.82, 2.24) is 0 Å². The van der Waals surface area contributed by atoms with E-state index in [0.29, 0.717) is 12.0 Å². The number of ether oxygens (including phenoxy) is 3. The van der Waals surface area contributed by atoms with Crippen LogP contribution in [0.2, 0.25) is 0 Å². The van der Waals surface area contributed by atoms with Crippen molar-refractivity contribution < 1.29 is 43.6 Å². The molecule has 3 saturated carbocycles. The molecule has 0 spiro atoms. The third-order valence-corrected chi connectivity index (χ3v) is 9.01. The van der Waals surface area contributed by atoms with Gasteiger partial charge in [0.05, 0.1) is 12.5 Å². The number of carbonyl (C=O) groups is 3. The maximum atomic E-state index is 12.9. The fourth-order valence-electron chi connectivity index (χ4n) is 6.33. The maximum absolute atomic E-state index is 12.9. The normalized spacial score (nSPS) is 21.7. The van der Waals surface area contributed by atoms with Gasteiger partial charge in [0.15, 0.2) is 0 Å². The lowest BCUT2D eigenvalue weighted by Crippen LogP contribution is -2.56. The number of Topliss-reactive ketones (excluding diaryl/α,β-unsaturated/α-hetero) is 1. The summed E-state index contributed by atoms with van der Waals surface area (Å²) in [4.78, 5) is 52.4. The summed E-state index contributed by atoms with van der Waals surface area (Å²) in [6.07, 6.45) is 2.50. The van der Waals surface area contributed by atoms with Crippen molar-refractivity contribution >= 4 is 17.9 Å². The average molecular weight is 592 g/mol. The number of rotatable bonds is 14. The van der Waals surface area contributed by atoms with E-state index in [1.54, 1.807) is 26.0 Å². The van der Waals surface area contributed by atoms with Crippen molar-refractivity contribution in [3.63, 3.8) is 0 Å². The molecular weight excluding hydrogens is 546 g/mol. The molecule has 234 valence electrons. The number of carbonyl (C=O) groups excluding carboxylic acids is 3. The van der Waals surface area contributed by atoms with Crippen LogP contribution < -0.4 is 4.74 Å². The van der Waals surface area contributed by atoms with Crippen molar-refractivity contribution in [1.29, 1.82) is 0 Å². The quantitative estimate of drug-likeness (QED) is 0.0625. The molecule has 0 aromatic heterocycles. The van der Waals surface area contributed by atoms with Crippen molar-refractivity contribution in [2.24, 2.45) is 23.2 Å². The molecule has 11 heteroatoms. The Kier molecular flexibility index (Phi) is 10.5. The fourth-order valence-corrected chi connectivity index (χ4v) is 6.33. The molecular formula is C31H45NO10. The number of nitrogens with zero attached hydrogens (tertiary/aromatic N) is 1. The van der Waals surface area contributed by atoms with Crippen LogP contribution in [0.4, 0.5) is 4.79 Å². The Bertz CT molecular complexity index is 1170. The van der Waals surface area contributed by atoms with Crippen LogP contribution in [-0.4, -0.2) is 41.0 Å². The van der Waals surface area contributed by atoms with Gasteiger partial charge in [-0.25, -0.2) is 4.79 Å². The van der Waals surface area contributed by atoms with Gasteiger partial charge in [-0.2, -0.15) is 0 Å². The summed E-state index contributed by atoms with van der Waals surface area (Å²) in [6.45, 7) is 13.0. The number of benzene rings is 1. The number of phenols is 1. The smallest absolute Gasteiger partial charge is 0.508 e. The molecule has 0 aliphatic heterocycles. The van der Waals surface area contributed by atoms with Gasteiger partial charge in [-0.05, 0) is 53.7 Å². The van der Waals surface area contributed by atoms with E-state index in [1.807, 2.05) is 13.8 Å². The summed E-state index contributed by atoms with van der Waals surface area (Å²) in [5.74, 6) is -0.894. The molecule has 3 aliphatic rings. The number of aromatic hydroxyl groups is 1. The minimum absolute atomic E-state index is 0.00367. The monoisotopic (exact) mass is 591 g/mol. The zero-order valence-corrected chi connectivity index (χ0v) is 25.8. The van der Waals surface area contributed by atoms with Crippen LogP contribution in [0.5, 0.6) is 11.5 Å². The first-order chi connectivity index (χ1) is 19.5. The van der Waals surface area contributed by atoms with Gasteiger partial charge in [0.2, 0.25) is 6.29 Å². The van der Waals surface area contributed by atoms with Crippen molar-refractivity contribution in [3.8, 4) is 11.5 Å². The second-order valence-electron chi connectivity index (χ2n) is 13.1. The first kappa shape index (κ1) is 33.1. The van der Waals surface area contributed by atoms with Gasteiger partial charge in [0, 0.05) is 30.7 Å². The predicted octanol–water partition coefficient (Wildman–Crippen LogP) is 6.61. The van der Waals surface area contributed by atoms with E-state index in [4.69, 9.17) is 14.2 Å². The number of phenolic OH excluding ortho intramolecular Hbond substituents is 1. The van der Waals surface area contributed by atoms with Crippen LogP contribution >= 0.6 is 0 Å². The van der Waals surface area contributed by atoms with Crippen molar-refractivity contribution in [2.75, 3.05) is 6.61 Å². The molecule has 0 heterocycles. The van der Waals surface area contributed by atoms with E-state index in [1.165, 1.54) is 6.92 Å². The van der Waals surface area contributed by atoms with Gasteiger partial charge in [-0.3, -0.25) is 9.59 Å². The summed E-state index contributed by atoms with van der Waals surface area (Å²) in [7, 11) is 0. The van der Waals surface area contributed by atoms with E-state index in [-0.39, 0.29) is 53.5 Å². The van der Waals surface area contributed by atoms with Crippen molar-refractivity contribution in [2.45, 2.75) is 111 Å². The number of ketones is 1. The molecule has 3 aliphatic carbocycles. The molecule has 0 radical (unpaired) electrons. The SMILES string of the molecule is CC(OC(=O)Oc1cc(C(C)(C)CCCCCCO[N+](=O)[O-])cc(O)c1[C@H]1CC(=O)[C@H]2C[C@@H]1C2(C)C)OC(=O)C(C)C. The summed E-state index contributed by atoms with van der Waals surface area (Å²) < 4.78 is 16.0. The third-order valence-electron chi connectivity index (χ3n) is 9.01. The van der Waals surface area contributed by atoms with Gasteiger partial charge < -0.3 is 24.2 Å². The molecule has 0 amide bonds. The van der Waals surface area contributed by atoms with Crippen LogP contribution in [0.25, 0.3) is 0 Å². The van der Waals surface area contributed by atoms with Gasteiger partial charge in [-0.1, -0.05) is 60.8 Å². The van der Waals surface area contributed by atoms with Gasteiger partial charge >= 0.3 is 12.1 Å². The summed E-state index contributed by atoms with van der Waals surface area (Å²) in [5.41, 5.74) is 0.509. The number of unbranched alkanes of at least 4 members (excludes halogenated alkanes) is 3. The highest BCUT2D eigenvalue weighted by Gasteiger charge is 2.59. The average Bonchev–Trinajstić information content (AvgIpc) is 2.86. The highest BCUT2D eigenvalue weighted by atomic mass is 16.9. The minimum Gasteiger partial charge on any atom is -0.508 e. The molecule has 0 saturated heterocycles. The van der Waals surface area contributed by atoms with Gasteiger partial charge in [-0.15, -0.1) is 10.1 Å². The number of hydrogen-bond acceptors (Lipinski definition) is 10. The van der Waals surface area contributed by atoms with Crippen LogP contribution in [0.15, 0.2) is 12.1 Å². The Morgan fingerprint density at radius 2 is 1.79 bits per heavy atom. The Hall–Kier alpha value is -3.37. The number of fused-ring (bicyclic) bond motifs is 2. The first-order valence-corrected chi connectivity index (χ1v) is 14.8. The van der Waals surface area contributed by atoms with Crippen LogP contribution in [0.1, 0.15) is 110 Å². The Balaban J connectivity index is 1.82. The molecule has 1 N–H and O–H groups in total. The molecule has 42 heavy (non-hydrogen) atoms. The highest BCUT2D eigenvalue weighted by molar-refractivity contribution is 5.86. The molecule has 2 bridgehead atoms. The Morgan fingerprint density at radius 1 is 1.12 bits per heavy atom. The molecule has 4 atom stereocenters. The Morgan fingerprint density at radius 3 is 2.38 bits per heavy atom. The summed E-state index contributed by atoms with van der Waals surface area (Å²) >= 11 is 0. The zero-order valence-electron chi connectivity index (χ0n) is 25.8. The second-order valence-corrected chi connectivity index (χ2v) is 13.1. The molecule has 3 fully saturated rings. The lowest BCUT2D eigenvalue weighted by atomic mass is 9.44. The minimum atomic E-state index is -1.18. The Labute approximate surface area is 247 Å². The largest absolute Gasteiger partial charge is 0.516 e. The van der Waals surface area contributed by atoms with Crippen molar-refractivity contribution in [3.05, 3.63) is 33.4 Å². The second kappa shape index (κ2) is 13.3. The van der Waals surface area contributed by atoms with Gasteiger partial charge in [0.25, 0.3) is 5.09 Å². The fraction of sp³-hybridized carbons (Fsp3) is 0.710. The zero-order chi connectivity index (χ0) is 31.4. The topological polar surface area (TPSA) is 152 Å². The van der Waals surface area contributed by atoms with Crippen LogP contribution in [0.3, 0.4) is 0 Å². The van der Waals surface area contributed by atoms with Crippen LogP contribution in [0, 0.1) is 33.3 Å². The van der Waals surface area contributed by atoms with Crippen LogP contribution in [-0.2, 0) is 29.3 Å². The summed E-state index contributed by atoms with van der Waals surface area (Å²) in [5, 5.41) is 20.9. The third kappa shape index (κ3) is 7.72. The number of hydrogen-bond donors (Lipinski definition) is 1. The summed E-state index contributed by atoms with van der Waals surface area (Å²) in [6, 6.07) is 3.42. The van der Waals surface area contributed by atoms with E-state index in [9.17, 15) is 29.6 Å². The van der Waals surface area contributed by atoms with Gasteiger partial charge in [0.1, 0.15) is 17.3 Å². The number of esters is 1. The molecule has 1 aromatic rings. The first-order valence-electron chi connectivity index (χ1n) is 14.8. The molecule has 1 unspecified atom stereocenters. The van der Waals surface area contributed by atoms with E-state index in [2.05, 4.69) is 18.7 Å². The maximum Gasteiger partial charge on any atom is 0.516 e. The molecule has 4 rings (SSSR count). The lowest BCUT2D eigenvalue weighted by molar-refractivity contribution is -0.757. The standard InChI is InChI=1S/C31H45NO10/c1-18(2)28(35)40-19(3)41-29(36)42-26-15-20(30(4,5)12-10-8-9-11-13-39-32(37)38)14-25(34)27(26)21-16-24(33)23-17-22(21)31(23,6)7/h14-15,18-19,21-23,34H,8-13,16-17H2,1-7H3/t19?,21-,22-,23+/m0/s1. The van der Waals surface area contributed by atoms with E-state index in [0.717, 1.165) is 37.7 Å². The van der Waals surface area contributed by atoms with E-state index < -0.39 is 34.8 Å². The predicted molar refractivity (Wildman–Crippen MR) is 152 cm³/mol. The molecule has 11 nitrogen and oxygen atoms in total.